The molecular formula is C29H29N3O7S. The van der Waals surface area contributed by atoms with Crippen LogP contribution < -0.4 is 19.5 Å². The smallest absolute Gasteiger partial charge is 0.335 e. The van der Waals surface area contributed by atoms with Crippen LogP contribution in [0.1, 0.15) is 22.3 Å². The summed E-state index contributed by atoms with van der Waals surface area (Å²) in [5, 5.41) is 11.6. The fourth-order valence-electron chi connectivity index (χ4n) is 4.02. The van der Waals surface area contributed by atoms with E-state index in [9.17, 15) is 14.4 Å². The number of methoxy groups -OCH3 is 3. The number of anilines is 1. The maximum atomic E-state index is 13.3. The van der Waals surface area contributed by atoms with Gasteiger partial charge in [0.15, 0.2) is 16.7 Å². The molecule has 0 saturated carbocycles. The largest absolute Gasteiger partial charge is 0.497 e. The van der Waals surface area contributed by atoms with E-state index in [2.05, 4.69) is 5.32 Å². The molecule has 11 heteroatoms. The molecule has 2 amide bonds. The summed E-state index contributed by atoms with van der Waals surface area (Å²) in [5.41, 5.74) is 2.10. The number of carbonyl (C=O) groups is 3. The number of thioether (sulfide) groups is 1. The monoisotopic (exact) mass is 563 g/mol. The van der Waals surface area contributed by atoms with Crippen molar-refractivity contribution in [2.24, 2.45) is 4.99 Å². The second-order valence-electron chi connectivity index (χ2n) is 8.76. The molecule has 3 aromatic rings. The number of nitrogens with one attached hydrogen (secondary N) is 1. The number of amidine groups is 1. The van der Waals surface area contributed by atoms with Crippen LogP contribution in [-0.4, -0.2) is 66.1 Å². The summed E-state index contributed by atoms with van der Waals surface area (Å²) < 4.78 is 15.9. The van der Waals surface area contributed by atoms with Crippen LogP contribution in [0.5, 0.6) is 17.2 Å². The Morgan fingerprint density at radius 2 is 1.68 bits per heavy atom. The van der Waals surface area contributed by atoms with Gasteiger partial charge in [-0.2, -0.15) is 0 Å². The molecule has 1 fully saturated rings. The predicted octanol–water partition coefficient (Wildman–Crippen LogP) is 4.61. The summed E-state index contributed by atoms with van der Waals surface area (Å²) in [5.74, 6) is 0.228. The van der Waals surface area contributed by atoms with Crippen LogP contribution in [0.3, 0.4) is 0 Å². The summed E-state index contributed by atoms with van der Waals surface area (Å²) in [4.78, 5) is 43.9. The molecule has 40 heavy (non-hydrogen) atoms. The maximum Gasteiger partial charge on any atom is 0.335 e. The highest BCUT2D eigenvalue weighted by Gasteiger charge is 2.36. The van der Waals surface area contributed by atoms with Gasteiger partial charge in [-0.1, -0.05) is 17.8 Å². The number of hydrogen-bond acceptors (Lipinski definition) is 8. The van der Waals surface area contributed by atoms with Gasteiger partial charge >= 0.3 is 5.97 Å². The molecule has 0 spiro atoms. The lowest BCUT2D eigenvalue weighted by Gasteiger charge is -2.32. The zero-order valence-corrected chi connectivity index (χ0v) is 23.1. The number of ether oxygens (including phenoxy) is 3. The molecule has 0 unspecified atom stereocenters. The van der Waals surface area contributed by atoms with E-state index in [1.807, 2.05) is 18.2 Å². The quantitative estimate of drug-likeness (QED) is 0.366. The molecule has 1 atom stereocenters. The number of aromatic carboxylic acids is 1. The van der Waals surface area contributed by atoms with Gasteiger partial charge in [-0.3, -0.25) is 14.5 Å². The van der Waals surface area contributed by atoms with E-state index in [0.29, 0.717) is 46.8 Å². The number of rotatable bonds is 10. The Hall–Kier alpha value is -4.51. The topological polar surface area (TPSA) is 127 Å². The number of carboxylic acid groups (broad SMARTS) is 1. The first-order chi connectivity index (χ1) is 19.3. The Morgan fingerprint density at radius 3 is 2.30 bits per heavy atom. The highest BCUT2D eigenvalue weighted by atomic mass is 32.2. The van der Waals surface area contributed by atoms with Crippen LogP contribution in [0.25, 0.3) is 0 Å². The summed E-state index contributed by atoms with van der Waals surface area (Å²) in [6, 6.07) is 18.5. The van der Waals surface area contributed by atoms with Crippen LogP contribution in [0.15, 0.2) is 71.7 Å². The van der Waals surface area contributed by atoms with Crippen molar-refractivity contribution in [2.45, 2.75) is 18.1 Å². The first kappa shape index (κ1) is 28.5. The van der Waals surface area contributed by atoms with Crippen LogP contribution in [0.2, 0.25) is 0 Å². The van der Waals surface area contributed by atoms with Crippen LogP contribution in [0, 0.1) is 0 Å². The average molecular weight is 564 g/mol. The normalized spacial score (nSPS) is 16.0. The number of carbonyl (C=O) groups excluding carboxylic acids is 2. The van der Waals surface area contributed by atoms with Gasteiger partial charge in [0.2, 0.25) is 11.8 Å². The Balaban J connectivity index is 1.54. The van der Waals surface area contributed by atoms with E-state index in [4.69, 9.17) is 24.3 Å². The first-order valence-electron chi connectivity index (χ1n) is 12.4. The van der Waals surface area contributed by atoms with Gasteiger partial charge in [-0.25, -0.2) is 9.79 Å². The van der Waals surface area contributed by atoms with Crippen molar-refractivity contribution in [3.8, 4) is 17.2 Å². The maximum absolute atomic E-state index is 13.3. The summed E-state index contributed by atoms with van der Waals surface area (Å²) in [6.45, 7) is 0.349. The van der Waals surface area contributed by atoms with Crippen molar-refractivity contribution in [1.82, 2.24) is 4.90 Å². The number of hydrogen-bond donors (Lipinski definition) is 2. The van der Waals surface area contributed by atoms with Gasteiger partial charge in [-0.15, -0.1) is 0 Å². The van der Waals surface area contributed by atoms with Gasteiger partial charge < -0.3 is 24.6 Å². The molecule has 4 rings (SSSR count). The number of nitrogens with zero attached hydrogens (tertiary/aromatic N) is 2. The molecule has 10 nitrogen and oxygen atoms in total. The number of carboxylic acids is 1. The lowest BCUT2D eigenvalue weighted by atomic mass is 10.1. The molecule has 1 saturated heterocycles. The van der Waals surface area contributed by atoms with E-state index in [-0.39, 0.29) is 23.8 Å². The van der Waals surface area contributed by atoms with Crippen molar-refractivity contribution in [2.75, 3.05) is 33.2 Å². The van der Waals surface area contributed by atoms with Crippen molar-refractivity contribution < 1.29 is 33.7 Å². The third-order valence-electron chi connectivity index (χ3n) is 6.20. The van der Waals surface area contributed by atoms with E-state index < -0.39 is 11.2 Å². The van der Waals surface area contributed by atoms with Crippen molar-refractivity contribution in [3.05, 3.63) is 77.9 Å². The van der Waals surface area contributed by atoms with Gasteiger partial charge in [-0.05, 0) is 72.6 Å². The first-order valence-corrected chi connectivity index (χ1v) is 13.2. The number of benzene rings is 3. The molecule has 2 N–H and O–H groups in total. The molecule has 0 aliphatic carbocycles. The zero-order chi connectivity index (χ0) is 28.6. The third-order valence-corrected chi connectivity index (χ3v) is 7.39. The minimum absolute atomic E-state index is 0.0166. The van der Waals surface area contributed by atoms with Gasteiger partial charge in [0.25, 0.3) is 0 Å². The minimum Gasteiger partial charge on any atom is -0.497 e. The van der Waals surface area contributed by atoms with E-state index in [0.717, 1.165) is 5.56 Å². The fourth-order valence-corrected chi connectivity index (χ4v) is 5.15. The molecule has 3 aromatic carbocycles. The highest BCUT2D eigenvalue weighted by molar-refractivity contribution is 8.15. The zero-order valence-electron chi connectivity index (χ0n) is 22.2. The van der Waals surface area contributed by atoms with Crippen LogP contribution in [-0.2, 0) is 16.0 Å². The van der Waals surface area contributed by atoms with Crippen molar-refractivity contribution in [1.29, 1.82) is 0 Å². The SMILES string of the molecule is COc1ccc(N=C2S[C@@H](C(=O)Nc3ccc(C(=O)O)cc3)CC(=O)N2CCc2ccc(OC)c(OC)c2)cc1. The molecule has 0 aromatic heterocycles. The van der Waals surface area contributed by atoms with Crippen molar-refractivity contribution >= 4 is 46.1 Å². The second kappa shape index (κ2) is 13.0. The third kappa shape index (κ3) is 6.92. The Morgan fingerprint density at radius 1 is 0.975 bits per heavy atom. The van der Waals surface area contributed by atoms with Gasteiger partial charge in [0, 0.05) is 18.7 Å². The lowest BCUT2D eigenvalue weighted by molar-refractivity contribution is -0.129. The Bertz CT molecular complexity index is 1410. The standard InChI is InChI=1S/C29H29N3O7S/c1-37-22-11-9-21(10-12-22)31-29-32(15-14-18-4-13-23(38-2)24(16-18)39-3)26(33)17-25(40-29)27(34)30-20-7-5-19(6-8-20)28(35)36/h4-13,16,25H,14-15,17H2,1-3H3,(H,30,34)(H,35,36)/t25-/m1/s1. The Kier molecular flexibility index (Phi) is 9.28. The molecule has 0 radical (unpaired) electrons. The minimum atomic E-state index is -1.06. The van der Waals surface area contributed by atoms with E-state index in [1.165, 1.54) is 36.0 Å². The predicted molar refractivity (Wildman–Crippen MR) is 153 cm³/mol. The van der Waals surface area contributed by atoms with E-state index >= 15 is 0 Å². The molecular weight excluding hydrogens is 534 g/mol. The second-order valence-corrected chi connectivity index (χ2v) is 9.93. The molecule has 208 valence electrons. The Labute approximate surface area is 236 Å². The number of aliphatic imine (C=N–C) groups is 1. The molecule has 1 aliphatic heterocycles. The molecule has 0 bridgehead atoms. The van der Waals surface area contributed by atoms with Gasteiger partial charge in [0.05, 0.1) is 32.6 Å². The number of amides is 2. The highest BCUT2D eigenvalue weighted by Crippen LogP contribution is 2.32. The lowest BCUT2D eigenvalue weighted by Crippen LogP contribution is -2.46. The van der Waals surface area contributed by atoms with Crippen LogP contribution in [0.4, 0.5) is 11.4 Å². The van der Waals surface area contributed by atoms with Crippen molar-refractivity contribution in [3.63, 3.8) is 0 Å². The summed E-state index contributed by atoms with van der Waals surface area (Å²) in [7, 11) is 4.71. The van der Waals surface area contributed by atoms with E-state index in [1.54, 1.807) is 50.5 Å². The molecule has 1 aliphatic rings. The summed E-state index contributed by atoms with van der Waals surface area (Å²) in [6.07, 6.45) is 0.512. The average Bonchev–Trinajstić information content (AvgIpc) is 2.97. The molecule has 1 heterocycles. The van der Waals surface area contributed by atoms with Crippen LogP contribution >= 0.6 is 11.8 Å². The fraction of sp³-hybridized carbons (Fsp3) is 0.241. The van der Waals surface area contributed by atoms with Gasteiger partial charge in [0.1, 0.15) is 11.0 Å². The summed E-state index contributed by atoms with van der Waals surface area (Å²) >= 11 is 1.21.